The summed E-state index contributed by atoms with van der Waals surface area (Å²) in [6, 6.07) is 12.8. The predicted molar refractivity (Wildman–Crippen MR) is 147 cm³/mol. The Morgan fingerprint density at radius 1 is 0.947 bits per heavy atom. The van der Waals surface area contributed by atoms with E-state index >= 15 is 0 Å². The molecule has 6 rings (SSSR count). The molecule has 3 atom stereocenters. The van der Waals surface area contributed by atoms with E-state index in [1.807, 2.05) is 0 Å². The maximum atomic E-state index is 13.8. The third-order valence-electron chi connectivity index (χ3n) is 7.37. The van der Waals surface area contributed by atoms with Gasteiger partial charge in [-0.1, -0.05) is 51.2 Å². The maximum Gasteiger partial charge on any atom is 0.308 e. The van der Waals surface area contributed by atoms with Crippen LogP contribution in [0.3, 0.4) is 0 Å². The Kier molecular flexibility index (Phi) is 6.77. The van der Waals surface area contributed by atoms with E-state index in [1.54, 1.807) is 41.3 Å². The molecule has 2 fully saturated rings. The van der Waals surface area contributed by atoms with Crippen molar-refractivity contribution in [2.24, 2.45) is 5.92 Å². The van der Waals surface area contributed by atoms with Crippen LogP contribution in [0, 0.1) is 11.7 Å². The average Bonchev–Trinajstić information content (AvgIpc) is 3.36. The Morgan fingerprint density at radius 2 is 1.63 bits per heavy atom. The minimum Gasteiger partial charge on any atom is -0.341 e. The lowest BCUT2D eigenvalue weighted by atomic mass is 9.83. The first-order chi connectivity index (χ1) is 18.3. The topological polar surface area (TPSA) is 79.7 Å². The minimum absolute atomic E-state index is 0.107. The molecule has 3 aromatic rings. The lowest BCUT2D eigenvalue weighted by molar-refractivity contribution is -0.133. The van der Waals surface area contributed by atoms with Crippen LogP contribution in [0.25, 0.3) is 0 Å². The number of hydrogen-bond acceptors (Lipinski definition) is 6. The van der Waals surface area contributed by atoms with Crippen molar-refractivity contribution in [3.05, 3.63) is 78.9 Å². The number of benzene rings is 2. The number of thiazole rings is 1. The number of carbonyl (C=O) groups excluding carboxylic acids is 3. The van der Waals surface area contributed by atoms with E-state index in [4.69, 9.17) is 0 Å². The first-order valence-electron chi connectivity index (χ1n) is 12.4. The SMILES string of the molecule is O=C(Cn1c2c(sc1=O)C(c1ccc(F)cc1)C1C(=O)N(c3ccc(Br)cc3)C(=O)C1S2)N1CCCCC1. The number of fused-ring (bicyclic) bond motifs is 2. The fraction of sp³-hybridized carbons (Fsp3) is 0.333. The van der Waals surface area contributed by atoms with Gasteiger partial charge in [0.25, 0.3) is 0 Å². The second-order valence-corrected chi connectivity index (χ2v) is 12.7. The molecule has 38 heavy (non-hydrogen) atoms. The summed E-state index contributed by atoms with van der Waals surface area (Å²) < 4.78 is 16.1. The van der Waals surface area contributed by atoms with Crippen molar-refractivity contribution in [1.82, 2.24) is 9.47 Å². The number of halogens is 2. The monoisotopic (exact) mass is 615 g/mol. The number of piperidine rings is 1. The summed E-state index contributed by atoms with van der Waals surface area (Å²) in [4.78, 5) is 57.2. The fourth-order valence-electron chi connectivity index (χ4n) is 5.51. The van der Waals surface area contributed by atoms with Crippen LogP contribution >= 0.6 is 39.0 Å². The van der Waals surface area contributed by atoms with Gasteiger partial charge in [0.2, 0.25) is 17.7 Å². The quantitative estimate of drug-likeness (QED) is 0.400. The standard InChI is InChI=1S/C27H23BrFN3O4S2/c28-16-6-10-18(11-7-16)32-24(34)21-20(15-4-8-17(29)9-5-15)23-26(37-22(21)25(32)35)31(27(36)38-23)14-19(33)30-12-2-1-3-13-30/h4-11,20-22H,1-3,12-14H2. The number of aromatic nitrogens is 1. The number of amides is 3. The van der Waals surface area contributed by atoms with Crippen molar-refractivity contribution >= 4 is 62.4 Å². The summed E-state index contributed by atoms with van der Waals surface area (Å²) in [5.41, 5.74) is 1.12. The van der Waals surface area contributed by atoms with Crippen molar-refractivity contribution < 1.29 is 18.8 Å². The Balaban J connectivity index is 1.43. The van der Waals surface area contributed by atoms with Crippen molar-refractivity contribution in [3.8, 4) is 0 Å². The zero-order valence-corrected chi connectivity index (χ0v) is 23.4. The molecular formula is C27H23BrFN3O4S2. The molecule has 0 saturated carbocycles. The van der Waals surface area contributed by atoms with E-state index in [-0.39, 0.29) is 29.1 Å². The number of imide groups is 1. The zero-order valence-electron chi connectivity index (χ0n) is 20.1. The lowest BCUT2D eigenvalue weighted by Crippen LogP contribution is -2.39. The molecule has 0 N–H and O–H groups in total. The number of nitrogens with zero attached hydrogens (tertiary/aromatic N) is 3. The number of thioether (sulfide) groups is 1. The fourth-order valence-corrected chi connectivity index (χ4v) is 8.55. The summed E-state index contributed by atoms with van der Waals surface area (Å²) in [6.45, 7) is 1.24. The summed E-state index contributed by atoms with van der Waals surface area (Å²) in [5.74, 6) is -2.64. The molecule has 196 valence electrons. The molecule has 11 heteroatoms. The van der Waals surface area contributed by atoms with Crippen LogP contribution in [-0.4, -0.2) is 45.5 Å². The van der Waals surface area contributed by atoms with Crippen molar-refractivity contribution in [2.45, 2.75) is 42.0 Å². The van der Waals surface area contributed by atoms with Crippen molar-refractivity contribution in [2.75, 3.05) is 18.0 Å². The van der Waals surface area contributed by atoms with Crippen LogP contribution in [-0.2, 0) is 20.9 Å². The van der Waals surface area contributed by atoms with Gasteiger partial charge in [0.1, 0.15) is 17.6 Å². The molecule has 0 bridgehead atoms. The molecule has 0 spiro atoms. The number of carbonyl (C=O) groups is 3. The van der Waals surface area contributed by atoms with E-state index in [0.29, 0.717) is 34.2 Å². The molecule has 1 aromatic heterocycles. The second kappa shape index (κ2) is 10.1. The molecule has 3 unspecified atom stereocenters. The van der Waals surface area contributed by atoms with Crippen LogP contribution in [0.1, 0.15) is 35.6 Å². The molecule has 3 amide bonds. The van der Waals surface area contributed by atoms with E-state index < -0.39 is 22.9 Å². The summed E-state index contributed by atoms with van der Waals surface area (Å²) in [6.07, 6.45) is 2.97. The highest BCUT2D eigenvalue weighted by molar-refractivity contribution is 9.10. The Morgan fingerprint density at radius 3 is 2.32 bits per heavy atom. The summed E-state index contributed by atoms with van der Waals surface area (Å²) in [7, 11) is 0. The Labute approximate surface area is 234 Å². The highest BCUT2D eigenvalue weighted by atomic mass is 79.9. The molecule has 2 aromatic carbocycles. The minimum atomic E-state index is -0.779. The largest absolute Gasteiger partial charge is 0.341 e. The summed E-state index contributed by atoms with van der Waals surface area (Å²) in [5, 5.41) is -0.237. The molecule has 7 nitrogen and oxygen atoms in total. The van der Waals surface area contributed by atoms with Gasteiger partial charge in [-0.3, -0.25) is 23.7 Å². The molecule has 4 heterocycles. The Hall–Kier alpha value is -2.76. The number of hydrogen-bond donors (Lipinski definition) is 0. The van der Waals surface area contributed by atoms with Gasteiger partial charge in [-0.2, -0.15) is 0 Å². The molecule has 0 aliphatic carbocycles. The van der Waals surface area contributed by atoms with Gasteiger partial charge in [-0.15, -0.1) is 0 Å². The van der Waals surface area contributed by atoms with Gasteiger partial charge in [-0.25, -0.2) is 9.29 Å². The number of anilines is 1. The number of likely N-dealkylation sites (tertiary alicyclic amines) is 1. The smallest absolute Gasteiger partial charge is 0.308 e. The first kappa shape index (κ1) is 25.5. The summed E-state index contributed by atoms with van der Waals surface area (Å²) >= 11 is 5.57. The van der Waals surface area contributed by atoms with Crippen LogP contribution in [0.15, 0.2) is 62.8 Å². The van der Waals surface area contributed by atoms with Crippen LogP contribution in [0.2, 0.25) is 0 Å². The van der Waals surface area contributed by atoms with E-state index in [9.17, 15) is 23.6 Å². The predicted octanol–water partition coefficient (Wildman–Crippen LogP) is 4.62. The lowest BCUT2D eigenvalue weighted by Gasteiger charge is -2.31. The van der Waals surface area contributed by atoms with E-state index in [0.717, 1.165) is 35.1 Å². The normalized spacial score (nSPS) is 22.9. The number of rotatable bonds is 4. The molecule has 3 aliphatic heterocycles. The Bertz CT molecular complexity index is 1480. The van der Waals surface area contributed by atoms with Crippen LogP contribution in [0.4, 0.5) is 10.1 Å². The molecular weight excluding hydrogens is 593 g/mol. The van der Waals surface area contributed by atoms with Gasteiger partial charge >= 0.3 is 4.87 Å². The van der Waals surface area contributed by atoms with Crippen molar-refractivity contribution in [3.63, 3.8) is 0 Å². The van der Waals surface area contributed by atoms with Gasteiger partial charge in [0.15, 0.2) is 0 Å². The first-order valence-corrected chi connectivity index (χ1v) is 14.9. The molecule has 2 saturated heterocycles. The van der Waals surface area contributed by atoms with E-state index in [2.05, 4.69) is 15.9 Å². The van der Waals surface area contributed by atoms with E-state index in [1.165, 1.54) is 33.4 Å². The third-order valence-corrected chi connectivity index (χ3v) is 10.5. The maximum absolute atomic E-state index is 13.8. The second-order valence-electron chi connectivity index (χ2n) is 9.65. The average molecular weight is 617 g/mol. The molecule has 0 radical (unpaired) electrons. The third kappa shape index (κ3) is 4.34. The van der Waals surface area contributed by atoms with Crippen LogP contribution < -0.4 is 9.77 Å². The van der Waals surface area contributed by atoms with Gasteiger partial charge in [0, 0.05) is 28.4 Å². The highest BCUT2D eigenvalue weighted by Crippen LogP contribution is 2.53. The molecule has 3 aliphatic rings. The van der Waals surface area contributed by atoms with Gasteiger partial charge in [-0.05, 0) is 61.2 Å². The van der Waals surface area contributed by atoms with Gasteiger partial charge in [0.05, 0.1) is 16.6 Å². The van der Waals surface area contributed by atoms with Gasteiger partial charge < -0.3 is 4.90 Å². The highest BCUT2D eigenvalue weighted by Gasteiger charge is 2.56. The zero-order chi connectivity index (χ0) is 26.6. The van der Waals surface area contributed by atoms with Crippen molar-refractivity contribution in [1.29, 1.82) is 0 Å². The van der Waals surface area contributed by atoms with Crippen LogP contribution in [0.5, 0.6) is 0 Å².